The maximum atomic E-state index is 12.4. The summed E-state index contributed by atoms with van der Waals surface area (Å²) in [7, 11) is -3.33. The number of aromatic nitrogens is 2. The van der Waals surface area contributed by atoms with Crippen LogP contribution in [-0.2, 0) is 16.4 Å². The number of fused-ring (bicyclic) bond motifs is 1. The first-order valence-electron chi connectivity index (χ1n) is 9.39. The zero-order valence-corrected chi connectivity index (χ0v) is 16.5. The molecule has 1 saturated heterocycles. The van der Waals surface area contributed by atoms with E-state index in [0.29, 0.717) is 4.90 Å². The third-order valence-electron chi connectivity index (χ3n) is 5.17. The number of nitrogens with zero attached hydrogens (tertiary/aromatic N) is 3. The Morgan fingerprint density at radius 3 is 2.68 bits per heavy atom. The maximum Gasteiger partial charge on any atom is 0.181 e. The molecule has 0 aliphatic carbocycles. The van der Waals surface area contributed by atoms with Gasteiger partial charge in [-0.25, -0.2) is 13.4 Å². The van der Waals surface area contributed by atoms with Crippen LogP contribution in [0.1, 0.15) is 5.56 Å². The quantitative estimate of drug-likeness (QED) is 0.649. The summed E-state index contributed by atoms with van der Waals surface area (Å²) < 4.78 is 24.7. The summed E-state index contributed by atoms with van der Waals surface area (Å²) in [5, 5.41) is 0.970. The molecule has 146 valence electrons. The minimum atomic E-state index is -3.33. The van der Waals surface area contributed by atoms with Crippen molar-refractivity contribution < 1.29 is 8.42 Å². The highest BCUT2D eigenvalue weighted by atomic mass is 32.2. The number of pyridine rings is 1. The van der Waals surface area contributed by atoms with Gasteiger partial charge in [-0.05, 0) is 35.9 Å². The Bertz CT molecular complexity index is 1070. The molecule has 0 atom stereocenters. The molecule has 1 aliphatic rings. The molecular weight excluding hydrogens is 372 g/mol. The lowest BCUT2D eigenvalue weighted by Crippen LogP contribution is -2.46. The number of nitrogens with one attached hydrogen (secondary N) is 1. The van der Waals surface area contributed by atoms with E-state index in [0.717, 1.165) is 55.0 Å². The van der Waals surface area contributed by atoms with Crippen molar-refractivity contribution in [3.63, 3.8) is 0 Å². The van der Waals surface area contributed by atoms with E-state index in [1.54, 1.807) is 12.1 Å². The molecule has 0 saturated carbocycles. The highest BCUT2D eigenvalue weighted by molar-refractivity contribution is 7.91. The molecule has 7 heteroatoms. The van der Waals surface area contributed by atoms with Gasteiger partial charge in [0.2, 0.25) is 0 Å². The molecule has 2 aromatic heterocycles. The molecule has 3 heterocycles. The Kier molecular flexibility index (Phi) is 5.19. The Balaban J connectivity index is 1.49. The van der Waals surface area contributed by atoms with Crippen LogP contribution in [0, 0.1) is 0 Å². The van der Waals surface area contributed by atoms with Crippen LogP contribution in [0.25, 0.3) is 10.9 Å². The van der Waals surface area contributed by atoms with E-state index < -0.39 is 9.84 Å². The van der Waals surface area contributed by atoms with E-state index in [1.165, 1.54) is 6.08 Å². The number of aromatic amines is 1. The third-order valence-corrected chi connectivity index (χ3v) is 6.82. The third kappa shape index (κ3) is 3.81. The molecular formula is C21H24N4O2S. The zero-order valence-electron chi connectivity index (χ0n) is 15.7. The van der Waals surface area contributed by atoms with Gasteiger partial charge in [0.1, 0.15) is 5.82 Å². The molecule has 3 aromatic rings. The van der Waals surface area contributed by atoms with Gasteiger partial charge in [-0.15, -0.1) is 6.58 Å². The molecule has 1 fully saturated rings. The highest BCUT2D eigenvalue weighted by Gasteiger charge is 2.20. The molecule has 4 rings (SSSR count). The van der Waals surface area contributed by atoms with Crippen molar-refractivity contribution in [2.75, 3.05) is 36.8 Å². The van der Waals surface area contributed by atoms with Crippen LogP contribution < -0.4 is 4.90 Å². The number of anilines is 1. The van der Waals surface area contributed by atoms with Gasteiger partial charge in [0.15, 0.2) is 9.84 Å². The summed E-state index contributed by atoms with van der Waals surface area (Å²) in [4.78, 5) is 12.7. The lowest BCUT2D eigenvalue weighted by molar-refractivity contribution is 0.250. The molecule has 28 heavy (non-hydrogen) atoms. The van der Waals surface area contributed by atoms with Crippen LogP contribution in [0.4, 0.5) is 5.82 Å². The molecule has 0 amide bonds. The number of hydrogen-bond acceptors (Lipinski definition) is 5. The van der Waals surface area contributed by atoms with E-state index >= 15 is 0 Å². The second-order valence-electron chi connectivity index (χ2n) is 7.04. The largest absolute Gasteiger partial charge is 0.361 e. The fourth-order valence-electron chi connectivity index (χ4n) is 3.65. The number of piperazine rings is 1. The van der Waals surface area contributed by atoms with Crippen molar-refractivity contribution in [3.05, 3.63) is 67.0 Å². The molecule has 0 radical (unpaired) electrons. The minimum Gasteiger partial charge on any atom is -0.361 e. The van der Waals surface area contributed by atoms with Crippen LogP contribution in [0.5, 0.6) is 0 Å². The second-order valence-corrected chi connectivity index (χ2v) is 9.08. The molecule has 1 N–H and O–H groups in total. The first-order valence-corrected chi connectivity index (χ1v) is 11.0. The van der Waals surface area contributed by atoms with E-state index in [-0.39, 0.29) is 5.75 Å². The summed E-state index contributed by atoms with van der Waals surface area (Å²) in [6, 6.07) is 11.3. The first kappa shape index (κ1) is 18.7. The van der Waals surface area contributed by atoms with Gasteiger partial charge in [0.05, 0.1) is 10.6 Å². The summed E-state index contributed by atoms with van der Waals surface area (Å²) in [5.41, 5.74) is 2.08. The number of rotatable bonds is 6. The van der Waals surface area contributed by atoms with Gasteiger partial charge in [0.25, 0.3) is 0 Å². The Morgan fingerprint density at radius 2 is 1.96 bits per heavy atom. The molecule has 0 spiro atoms. The number of sulfone groups is 1. The van der Waals surface area contributed by atoms with Crippen molar-refractivity contribution >= 4 is 26.6 Å². The lowest BCUT2D eigenvalue weighted by atomic mass is 10.1. The number of H-pyrrole nitrogens is 1. The summed E-state index contributed by atoms with van der Waals surface area (Å²) in [6.45, 7) is 8.08. The SMILES string of the molecule is C=CCS(=O)(=O)c1ccc2[nH]cc(CN3CCN(c4ccccn4)CC3)c2c1. The zero-order chi connectivity index (χ0) is 19.6. The van der Waals surface area contributed by atoms with Gasteiger partial charge in [-0.2, -0.15) is 0 Å². The van der Waals surface area contributed by atoms with E-state index in [1.807, 2.05) is 36.7 Å². The average Bonchev–Trinajstić information content (AvgIpc) is 3.11. The molecule has 0 bridgehead atoms. The summed E-state index contributed by atoms with van der Waals surface area (Å²) in [6.07, 6.45) is 5.24. The van der Waals surface area contributed by atoms with E-state index in [4.69, 9.17) is 0 Å². The van der Waals surface area contributed by atoms with Crippen LogP contribution in [-0.4, -0.2) is 55.2 Å². The Labute approximate surface area is 165 Å². The van der Waals surface area contributed by atoms with Crippen molar-refractivity contribution in [2.24, 2.45) is 0 Å². The van der Waals surface area contributed by atoms with Gasteiger partial charge < -0.3 is 9.88 Å². The van der Waals surface area contributed by atoms with E-state index in [9.17, 15) is 8.42 Å². The fraction of sp³-hybridized carbons (Fsp3) is 0.286. The van der Waals surface area contributed by atoms with E-state index in [2.05, 4.69) is 26.3 Å². The van der Waals surface area contributed by atoms with Crippen molar-refractivity contribution in [2.45, 2.75) is 11.4 Å². The summed E-state index contributed by atoms with van der Waals surface area (Å²) >= 11 is 0. The Hall–Kier alpha value is -2.64. The predicted molar refractivity (Wildman–Crippen MR) is 112 cm³/mol. The minimum absolute atomic E-state index is 0.0479. The lowest BCUT2D eigenvalue weighted by Gasteiger charge is -2.35. The fourth-order valence-corrected chi connectivity index (χ4v) is 4.73. The molecule has 0 unspecified atom stereocenters. The van der Waals surface area contributed by atoms with Gasteiger partial charge in [0, 0.05) is 56.0 Å². The van der Waals surface area contributed by atoms with Crippen molar-refractivity contribution in [3.8, 4) is 0 Å². The van der Waals surface area contributed by atoms with Crippen LogP contribution in [0.2, 0.25) is 0 Å². The van der Waals surface area contributed by atoms with Gasteiger partial charge in [-0.1, -0.05) is 12.1 Å². The smallest absolute Gasteiger partial charge is 0.181 e. The Morgan fingerprint density at radius 1 is 1.14 bits per heavy atom. The van der Waals surface area contributed by atoms with Crippen LogP contribution in [0.15, 0.2) is 66.3 Å². The monoisotopic (exact) mass is 396 g/mol. The van der Waals surface area contributed by atoms with Gasteiger partial charge in [-0.3, -0.25) is 4.90 Å². The topological polar surface area (TPSA) is 69.3 Å². The maximum absolute atomic E-state index is 12.4. The van der Waals surface area contributed by atoms with Crippen molar-refractivity contribution in [1.29, 1.82) is 0 Å². The summed E-state index contributed by atoms with van der Waals surface area (Å²) in [5.74, 6) is 0.972. The molecule has 1 aliphatic heterocycles. The van der Waals surface area contributed by atoms with Crippen LogP contribution >= 0.6 is 0 Å². The number of hydrogen-bond donors (Lipinski definition) is 1. The van der Waals surface area contributed by atoms with Crippen LogP contribution in [0.3, 0.4) is 0 Å². The number of benzene rings is 1. The highest BCUT2D eigenvalue weighted by Crippen LogP contribution is 2.25. The first-order chi connectivity index (χ1) is 13.6. The normalized spacial score (nSPS) is 15.8. The van der Waals surface area contributed by atoms with Gasteiger partial charge >= 0.3 is 0 Å². The van der Waals surface area contributed by atoms with Crippen molar-refractivity contribution in [1.82, 2.24) is 14.9 Å². The molecule has 1 aromatic carbocycles. The molecule has 6 nitrogen and oxygen atoms in total. The second kappa shape index (κ2) is 7.77. The standard InChI is InChI=1S/C21H24N4O2S/c1-2-13-28(26,27)18-6-7-20-19(14-18)17(15-23-20)16-24-9-11-25(12-10-24)21-5-3-4-8-22-21/h2-8,14-15,23H,1,9-13,16H2. The average molecular weight is 397 g/mol. The predicted octanol–water partition coefficient (Wildman–Crippen LogP) is 2.84.